The van der Waals surface area contributed by atoms with Crippen LogP contribution in [0.4, 0.5) is 11.5 Å². The summed E-state index contributed by atoms with van der Waals surface area (Å²) in [6.07, 6.45) is 3.08. The predicted molar refractivity (Wildman–Crippen MR) is 106 cm³/mol. The lowest BCUT2D eigenvalue weighted by molar-refractivity contribution is 0.102. The summed E-state index contributed by atoms with van der Waals surface area (Å²) in [6, 6.07) is 15.4. The highest BCUT2D eigenvalue weighted by molar-refractivity contribution is 6.02. The molecule has 28 heavy (non-hydrogen) atoms. The van der Waals surface area contributed by atoms with Crippen molar-refractivity contribution in [3.63, 3.8) is 0 Å². The Hall–Kier alpha value is -3.61. The Morgan fingerprint density at radius 1 is 1.04 bits per heavy atom. The van der Waals surface area contributed by atoms with Crippen molar-refractivity contribution >= 4 is 17.4 Å². The third-order valence-corrected chi connectivity index (χ3v) is 4.32. The summed E-state index contributed by atoms with van der Waals surface area (Å²) in [5.41, 5.74) is 2.03. The van der Waals surface area contributed by atoms with Crippen molar-refractivity contribution in [1.82, 2.24) is 9.97 Å². The van der Waals surface area contributed by atoms with Crippen LogP contribution in [-0.4, -0.2) is 36.1 Å². The molecule has 7 nitrogen and oxygen atoms in total. The van der Waals surface area contributed by atoms with E-state index in [0.717, 1.165) is 0 Å². The molecule has 0 fully saturated rings. The molecule has 3 aromatic rings. The van der Waals surface area contributed by atoms with E-state index in [-0.39, 0.29) is 11.6 Å². The van der Waals surface area contributed by atoms with E-state index in [4.69, 9.17) is 9.47 Å². The smallest absolute Gasteiger partial charge is 0.275 e. The number of amides is 1. The van der Waals surface area contributed by atoms with E-state index in [1.54, 1.807) is 24.4 Å². The Labute approximate surface area is 163 Å². The number of nitrogens with one attached hydrogen (secondary N) is 1. The van der Waals surface area contributed by atoms with Crippen LogP contribution in [0.25, 0.3) is 0 Å². The van der Waals surface area contributed by atoms with Crippen molar-refractivity contribution < 1.29 is 14.3 Å². The Morgan fingerprint density at radius 3 is 2.57 bits per heavy atom. The molecule has 0 unspecified atom stereocenters. The Kier molecular flexibility index (Phi) is 5.05. The molecule has 4 rings (SSSR count). The molecule has 0 spiro atoms. The average molecular weight is 376 g/mol. The van der Waals surface area contributed by atoms with Crippen LogP contribution in [0, 0.1) is 0 Å². The van der Waals surface area contributed by atoms with Crippen molar-refractivity contribution in [1.29, 1.82) is 0 Å². The van der Waals surface area contributed by atoms with Gasteiger partial charge in [-0.2, -0.15) is 0 Å². The Balaban J connectivity index is 1.41. The minimum absolute atomic E-state index is 0.242. The summed E-state index contributed by atoms with van der Waals surface area (Å²) >= 11 is 0. The van der Waals surface area contributed by atoms with E-state index >= 15 is 0 Å². The molecule has 0 atom stereocenters. The second-order valence-corrected chi connectivity index (χ2v) is 6.41. The number of rotatable bonds is 5. The van der Waals surface area contributed by atoms with Gasteiger partial charge in [0.2, 0.25) is 0 Å². The van der Waals surface area contributed by atoms with Gasteiger partial charge in [-0.1, -0.05) is 30.3 Å². The van der Waals surface area contributed by atoms with Crippen LogP contribution < -0.4 is 19.7 Å². The average Bonchev–Trinajstić information content (AvgIpc) is 2.74. The molecule has 0 radical (unpaired) electrons. The number of nitrogens with zero attached hydrogens (tertiary/aromatic N) is 3. The highest BCUT2D eigenvalue weighted by Crippen LogP contribution is 2.32. The lowest BCUT2D eigenvalue weighted by Gasteiger charge is -2.19. The molecule has 2 heterocycles. The second-order valence-electron chi connectivity index (χ2n) is 6.41. The number of aromatic nitrogens is 2. The maximum absolute atomic E-state index is 12.5. The molecule has 0 saturated heterocycles. The van der Waals surface area contributed by atoms with Crippen LogP contribution >= 0.6 is 0 Å². The molecule has 0 saturated carbocycles. The lowest BCUT2D eigenvalue weighted by atomic mass is 10.2. The van der Waals surface area contributed by atoms with E-state index in [1.807, 2.05) is 30.1 Å². The normalized spacial score (nSPS) is 12.3. The fourth-order valence-corrected chi connectivity index (χ4v) is 2.89. The topological polar surface area (TPSA) is 76.6 Å². The van der Waals surface area contributed by atoms with E-state index in [2.05, 4.69) is 27.4 Å². The standard InChI is InChI=1S/C21H20N4O3/c1-25(14-15-5-3-2-4-6-15)20-13-22-17(12-23-20)21(26)24-16-7-8-18-19(11-16)28-10-9-27-18/h2-8,11-13H,9-10,14H2,1H3,(H,24,26). The van der Waals surface area contributed by atoms with Crippen molar-refractivity contribution in [3.05, 3.63) is 72.2 Å². The fraction of sp³-hybridized carbons (Fsp3) is 0.190. The van der Waals surface area contributed by atoms with Crippen LogP contribution in [0.1, 0.15) is 16.1 Å². The third-order valence-electron chi connectivity index (χ3n) is 4.32. The molecular weight excluding hydrogens is 356 g/mol. The summed E-state index contributed by atoms with van der Waals surface area (Å²) in [7, 11) is 1.94. The SMILES string of the molecule is CN(Cc1ccccc1)c1cnc(C(=O)Nc2ccc3c(c2)OCCO3)cn1. The lowest BCUT2D eigenvalue weighted by Crippen LogP contribution is -2.20. The first-order chi connectivity index (χ1) is 13.7. The predicted octanol–water partition coefficient (Wildman–Crippen LogP) is 3.14. The number of fused-ring (bicyclic) bond motifs is 1. The number of carbonyl (C=O) groups is 1. The first kappa shape index (κ1) is 17.8. The molecule has 1 aliphatic rings. The Morgan fingerprint density at radius 2 is 1.82 bits per heavy atom. The molecule has 1 aromatic heterocycles. The zero-order valence-electron chi connectivity index (χ0n) is 15.5. The van der Waals surface area contributed by atoms with Gasteiger partial charge < -0.3 is 19.7 Å². The highest BCUT2D eigenvalue weighted by atomic mass is 16.6. The van der Waals surface area contributed by atoms with Crippen molar-refractivity contribution in [2.45, 2.75) is 6.54 Å². The van der Waals surface area contributed by atoms with Gasteiger partial charge >= 0.3 is 0 Å². The quantitative estimate of drug-likeness (QED) is 0.737. The van der Waals surface area contributed by atoms with Crippen molar-refractivity contribution in [2.24, 2.45) is 0 Å². The van der Waals surface area contributed by atoms with E-state index in [0.29, 0.717) is 42.8 Å². The molecule has 0 bridgehead atoms. The summed E-state index contributed by atoms with van der Waals surface area (Å²) in [5, 5.41) is 2.81. The van der Waals surface area contributed by atoms with Crippen LogP contribution in [0.5, 0.6) is 11.5 Å². The fourth-order valence-electron chi connectivity index (χ4n) is 2.89. The van der Waals surface area contributed by atoms with Gasteiger partial charge in [-0.15, -0.1) is 0 Å². The molecule has 2 aromatic carbocycles. The minimum Gasteiger partial charge on any atom is -0.486 e. The maximum Gasteiger partial charge on any atom is 0.275 e. The second kappa shape index (κ2) is 7.96. The maximum atomic E-state index is 12.5. The summed E-state index contributed by atoms with van der Waals surface area (Å²) < 4.78 is 11.0. The van der Waals surface area contributed by atoms with E-state index < -0.39 is 0 Å². The van der Waals surface area contributed by atoms with Gasteiger partial charge in [-0.3, -0.25) is 4.79 Å². The van der Waals surface area contributed by atoms with Crippen LogP contribution in [0.2, 0.25) is 0 Å². The third kappa shape index (κ3) is 4.03. The van der Waals surface area contributed by atoms with Crippen molar-refractivity contribution in [2.75, 3.05) is 30.5 Å². The molecule has 1 aliphatic heterocycles. The summed E-state index contributed by atoms with van der Waals surface area (Å²) in [6.45, 7) is 1.73. The minimum atomic E-state index is -0.332. The highest BCUT2D eigenvalue weighted by Gasteiger charge is 2.14. The van der Waals surface area contributed by atoms with Crippen molar-refractivity contribution in [3.8, 4) is 11.5 Å². The van der Waals surface area contributed by atoms with Gasteiger partial charge in [-0.25, -0.2) is 9.97 Å². The van der Waals surface area contributed by atoms with Gasteiger partial charge in [-0.05, 0) is 17.7 Å². The van der Waals surface area contributed by atoms with E-state index in [1.165, 1.54) is 11.8 Å². The first-order valence-corrected chi connectivity index (χ1v) is 8.97. The van der Waals surface area contributed by atoms with Crippen LogP contribution in [0.15, 0.2) is 60.9 Å². The van der Waals surface area contributed by atoms with Gasteiger partial charge in [0.1, 0.15) is 24.7 Å². The molecule has 0 aliphatic carbocycles. The van der Waals surface area contributed by atoms with Crippen LogP contribution in [-0.2, 0) is 6.54 Å². The van der Waals surface area contributed by atoms with Crippen LogP contribution in [0.3, 0.4) is 0 Å². The summed E-state index contributed by atoms with van der Waals surface area (Å²) in [5.74, 6) is 1.66. The number of benzene rings is 2. The number of carbonyl (C=O) groups excluding carboxylic acids is 1. The zero-order chi connectivity index (χ0) is 19.3. The molecular formula is C21H20N4O3. The number of ether oxygens (including phenoxy) is 2. The number of anilines is 2. The summed E-state index contributed by atoms with van der Waals surface area (Å²) in [4.78, 5) is 23.1. The first-order valence-electron chi connectivity index (χ1n) is 8.97. The van der Waals surface area contributed by atoms with Gasteiger partial charge in [0.05, 0.1) is 12.4 Å². The number of hydrogen-bond donors (Lipinski definition) is 1. The van der Waals surface area contributed by atoms with Gasteiger partial charge in [0.15, 0.2) is 11.5 Å². The largest absolute Gasteiger partial charge is 0.486 e. The molecule has 1 amide bonds. The van der Waals surface area contributed by atoms with Gasteiger partial charge in [0, 0.05) is 25.3 Å². The van der Waals surface area contributed by atoms with Gasteiger partial charge in [0.25, 0.3) is 5.91 Å². The monoisotopic (exact) mass is 376 g/mol. The number of hydrogen-bond acceptors (Lipinski definition) is 6. The molecule has 1 N–H and O–H groups in total. The molecule has 7 heteroatoms. The van der Waals surface area contributed by atoms with E-state index in [9.17, 15) is 4.79 Å². The zero-order valence-corrected chi connectivity index (χ0v) is 15.5. The molecule has 142 valence electrons. The Bertz CT molecular complexity index is 961.